The number of nitrogens with zero attached hydrogens (tertiary/aromatic N) is 3. The van der Waals surface area contributed by atoms with E-state index in [2.05, 4.69) is 20.6 Å². The van der Waals surface area contributed by atoms with Crippen molar-refractivity contribution in [2.75, 3.05) is 36.5 Å². The molecular weight excluding hydrogens is 467 g/mol. The van der Waals surface area contributed by atoms with E-state index in [1.54, 1.807) is 12.3 Å². The molecule has 0 radical (unpaired) electrons. The maximum atomic E-state index is 13.1. The van der Waals surface area contributed by atoms with Crippen LogP contribution in [0.2, 0.25) is 0 Å². The molecule has 0 bridgehead atoms. The summed E-state index contributed by atoms with van der Waals surface area (Å²) in [6, 6.07) is 4.00. The van der Waals surface area contributed by atoms with Gasteiger partial charge in [-0.3, -0.25) is 0 Å². The molecule has 1 aromatic carbocycles. The summed E-state index contributed by atoms with van der Waals surface area (Å²) in [6.07, 6.45) is -0.267. The number of morpholine rings is 1. The summed E-state index contributed by atoms with van der Waals surface area (Å²) >= 11 is 0. The summed E-state index contributed by atoms with van der Waals surface area (Å²) in [6.45, 7) is 2.16. The minimum atomic E-state index is -4.58. The molecule has 2 heterocycles. The summed E-state index contributed by atoms with van der Waals surface area (Å²) in [7, 11) is 0. The van der Waals surface area contributed by atoms with Gasteiger partial charge in [0.25, 0.3) is 0 Å². The van der Waals surface area contributed by atoms with Crippen LogP contribution in [0.3, 0.4) is 0 Å². The maximum Gasteiger partial charge on any atom is 0.416 e. The van der Waals surface area contributed by atoms with Crippen molar-refractivity contribution in [1.82, 2.24) is 15.3 Å². The van der Waals surface area contributed by atoms with Crippen molar-refractivity contribution in [2.24, 2.45) is 0 Å². The van der Waals surface area contributed by atoms with Gasteiger partial charge in [0, 0.05) is 37.1 Å². The zero-order valence-corrected chi connectivity index (χ0v) is 19.1. The highest BCUT2D eigenvalue weighted by Crippen LogP contribution is 2.32. The molecular formula is C23H28F3N5O4. The van der Waals surface area contributed by atoms with Crippen LogP contribution >= 0.6 is 0 Å². The topological polar surface area (TPSA) is 109 Å². The van der Waals surface area contributed by atoms with Crippen molar-refractivity contribution < 1.29 is 32.5 Å². The van der Waals surface area contributed by atoms with Crippen LogP contribution in [0, 0.1) is 0 Å². The van der Waals surface area contributed by atoms with Crippen molar-refractivity contribution in [2.45, 2.75) is 50.6 Å². The van der Waals surface area contributed by atoms with Crippen molar-refractivity contribution in [3.63, 3.8) is 0 Å². The number of hydrogen-bond donors (Lipinski definition) is 3. The fraction of sp³-hybridized carbons (Fsp3) is 0.522. The quantitative estimate of drug-likeness (QED) is 0.564. The number of carbonyl (C=O) groups excluding carboxylic acids is 1. The Kier molecular flexibility index (Phi) is 7.91. The number of rotatable bonds is 6. The van der Waals surface area contributed by atoms with Gasteiger partial charge in [0.15, 0.2) is 0 Å². The second-order valence-electron chi connectivity index (χ2n) is 8.56. The van der Waals surface area contributed by atoms with Crippen LogP contribution in [-0.4, -0.2) is 59.6 Å². The van der Waals surface area contributed by atoms with Gasteiger partial charge in [-0.1, -0.05) is 0 Å². The van der Waals surface area contributed by atoms with Gasteiger partial charge >= 0.3 is 12.2 Å². The fourth-order valence-electron chi connectivity index (χ4n) is 4.18. The highest BCUT2D eigenvalue weighted by molar-refractivity contribution is 5.89. The predicted octanol–water partition coefficient (Wildman–Crippen LogP) is 3.34. The van der Waals surface area contributed by atoms with E-state index in [1.165, 1.54) is 6.07 Å². The lowest BCUT2D eigenvalue weighted by Crippen LogP contribution is -2.41. The maximum absolute atomic E-state index is 13.1. The Morgan fingerprint density at radius 2 is 1.91 bits per heavy atom. The van der Waals surface area contributed by atoms with Crippen LogP contribution in [0.4, 0.5) is 29.6 Å². The Labute approximate surface area is 200 Å². The largest absolute Gasteiger partial charge is 0.474 e. The number of alkyl halides is 3. The molecule has 1 aliphatic heterocycles. The molecule has 2 fully saturated rings. The molecule has 35 heavy (non-hydrogen) atoms. The zero-order valence-electron chi connectivity index (χ0n) is 19.1. The molecule has 0 spiro atoms. The molecule has 4 rings (SSSR count). The standard InChI is InChI=1S/C23H28F3N5O4/c24-23(25,26)16-11-15(14-32)12-18(13-16)29-22(33)28-17-1-3-19(4-2-17)35-20-5-6-27-21(30-20)31-7-9-34-10-8-31/h5-6,11-13,17,19,32H,1-4,7-10,14H2,(H2,28,29,33). The third-order valence-corrected chi connectivity index (χ3v) is 5.97. The molecule has 1 saturated carbocycles. The van der Waals surface area contributed by atoms with Crippen molar-refractivity contribution in [1.29, 1.82) is 0 Å². The molecule has 0 atom stereocenters. The number of aliphatic hydroxyl groups excluding tert-OH is 1. The van der Waals surface area contributed by atoms with Gasteiger partial charge in [0.05, 0.1) is 25.4 Å². The molecule has 12 heteroatoms. The molecule has 1 aliphatic carbocycles. The molecule has 1 saturated heterocycles. The number of urea groups is 1. The van der Waals surface area contributed by atoms with Gasteiger partial charge in [0.2, 0.25) is 11.8 Å². The molecule has 9 nitrogen and oxygen atoms in total. The number of aromatic nitrogens is 2. The van der Waals surface area contributed by atoms with Crippen LogP contribution in [0.1, 0.15) is 36.8 Å². The lowest BCUT2D eigenvalue weighted by Gasteiger charge is -2.30. The number of nitrogens with one attached hydrogen (secondary N) is 2. The van der Waals surface area contributed by atoms with Crippen molar-refractivity contribution >= 4 is 17.7 Å². The number of carbonyl (C=O) groups is 1. The fourth-order valence-corrected chi connectivity index (χ4v) is 4.18. The van der Waals surface area contributed by atoms with E-state index in [0.717, 1.165) is 25.2 Å². The monoisotopic (exact) mass is 495 g/mol. The lowest BCUT2D eigenvalue weighted by molar-refractivity contribution is -0.137. The Morgan fingerprint density at radius 3 is 2.60 bits per heavy atom. The number of amides is 2. The first-order valence-corrected chi connectivity index (χ1v) is 11.5. The zero-order chi connectivity index (χ0) is 24.8. The Balaban J connectivity index is 1.26. The van der Waals surface area contributed by atoms with E-state index in [0.29, 0.717) is 50.7 Å². The molecule has 1 aromatic heterocycles. The van der Waals surface area contributed by atoms with Crippen LogP contribution < -0.4 is 20.3 Å². The minimum Gasteiger partial charge on any atom is -0.474 e. The number of halogens is 3. The molecule has 190 valence electrons. The second-order valence-corrected chi connectivity index (χ2v) is 8.56. The summed E-state index contributed by atoms with van der Waals surface area (Å²) in [5, 5.41) is 14.5. The Hall–Kier alpha value is -3.12. The van der Waals surface area contributed by atoms with E-state index in [4.69, 9.17) is 9.47 Å². The number of benzene rings is 1. The van der Waals surface area contributed by atoms with E-state index in [-0.39, 0.29) is 23.4 Å². The van der Waals surface area contributed by atoms with Crippen LogP contribution in [-0.2, 0) is 17.5 Å². The SMILES string of the molecule is O=C(Nc1cc(CO)cc(C(F)(F)F)c1)NC1CCC(Oc2ccnc(N3CCOCC3)n2)CC1. The van der Waals surface area contributed by atoms with E-state index in [9.17, 15) is 23.1 Å². The minimum absolute atomic E-state index is 0.0294. The number of aliphatic hydroxyl groups is 1. The normalized spacial score (nSPS) is 20.9. The number of ether oxygens (including phenoxy) is 2. The van der Waals surface area contributed by atoms with Gasteiger partial charge in [-0.25, -0.2) is 9.78 Å². The third-order valence-electron chi connectivity index (χ3n) is 5.97. The summed E-state index contributed by atoms with van der Waals surface area (Å²) in [4.78, 5) is 23.2. The Morgan fingerprint density at radius 1 is 1.17 bits per heavy atom. The van der Waals surface area contributed by atoms with Crippen LogP contribution in [0.25, 0.3) is 0 Å². The van der Waals surface area contributed by atoms with Crippen molar-refractivity contribution in [3.8, 4) is 5.88 Å². The number of anilines is 2. The highest BCUT2D eigenvalue weighted by Gasteiger charge is 2.31. The highest BCUT2D eigenvalue weighted by atomic mass is 19.4. The van der Waals surface area contributed by atoms with E-state index in [1.807, 2.05) is 4.90 Å². The first-order valence-electron chi connectivity index (χ1n) is 11.5. The van der Waals surface area contributed by atoms with Crippen LogP contribution in [0.5, 0.6) is 5.88 Å². The first kappa shape index (κ1) is 25.0. The number of hydrogen-bond acceptors (Lipinski definition) is 7. The molecule has 2 amide bonds. The summed E-state index contributed by atoms with van der Waals surface area (Å²) in [5.74, 6) is 1.11. The predicted molar refractivity (Wildman–Crippen MR) is 121 cm³/mol. The van der Waals surface area contributed by atoms with E-state index < -0.39 is 24.4 Å². The van der Waals surface area contributed by atoms with Gasteiger partial charge in [-0.2, -0.15) is 18.2 Å². The average Bonchev–Trinajstić information content (AvgIpc) is 2.85. The molecule has 0 unspecified atom stereocenters. The molecule has 2 aromatic rings. The molecule has 2 aliphatic rings. The smallest absolute Gasteiger partial charge is 0.416 e. The van der Waals surface area contributed by atoms with Crippen molar-refractivity contribution in [3.05, 3.63) is 41.6 Å². The Bertz CT molecular complexity index is 1010. The van der Waals surface area contributed by atoms with Gasteiger partial charge in [-0.15, -0.1) is 0 Å². The van der Waals surface area contributed by atoms with Crippen LogP contribution in [0.15, 0.2) is 30.5 Å². The summed E-state index contributed by atoms with van der Waals surface area (Å²) in [5.41, 5.74) is -0.897. The molecule has 3 N–H and O–H groups in total. The average molecular weight is 496 g/mol. The van der Waals surface area contributed by atoms with E-state index >= 15 is 0 Å². The summed E-state index contributed by atoms with van der Waals surface area (Å²) < 4.78 is 50.6. The van der Waals surface area contributed by atoms with Gasteiger partial charge in [0.1, 0.15) is 6.10 Å². The third kappa shape index (κ3) is 6.95. The second kappa shape index (κ2) is 11.1. The van der Waals surface area contributed by atoms with Gasteiger partial charge in [-0.05, 0) is 49.4 Å². The van der Waals surface area contributed by atoms with Gasteiger partial charge < -0.3 is 30.1 Å². The lowest BCUT2D eigenvalue weighted by atomic mass is 9.93. The first-order chi connectivity index (χ1) is 16.8.